The summed E-state index contributed by atoms with van der Waals surface area (Å²) in [6, 6.07) is 0. The Morgan fingerprint density at radius 1 is 1.33 bits per heavy atom. The molecule has 0 aromatic rings. The van der Waals surface area contributed by atoms with Gasteiger partial charge in [0.25, 0.3) is 0 Å². The molecule has 0 aliphatic heterocycles. The van der Waals surface area contributed by atoms with E-state index in [1.54, 1.807) is 0 Å². The van der Waals surface area contributed by atoms with Gasteiger partial charge in [-0.15, -0.1) is 0 Å². The van der Waals surface area contributed by atoms with Gasteiger partial charge in [-0.25, -0.2) is 0 Å². The van der Waals surface area contributed by atoms with Gasteiger partial charge in [-0.3, -0.25) is 4.79 Å². The van der Waals surface area contributed by atoms with Gasteiger partial charge < -0.3 is 5.11 Å². The Hall–Kier alpha value is -0.790. The minimum atomic E-state index is -0.726. The van der Waals surface area contributed by atoms with Crippen molar-refractivity contribution in [3.63, 3.8) is 0 Å². The number of rotatable bonds is 4. The molecule has 12 heavy (non-hydrogen) atoms. The van der Waals surface area contributed by atoms with Gasteiger partial charge >= 0.3 is 5.97 Å². The van der Waals surface area contributed by atoms with Crippen molar-refractivity contribution in [3.05, 3.63) is 12.2 Å². The van der Waals surface area contributed by atoms with Gasteiger partial charge in [0.05, 0.1) is 0 Å². The Kier molecular flexibility index (Phi) is 4.64. The van der Waals surface area contributed by atoms with Crippen molar-refractivity contribution in [2.24, 2.45) is 5.41 Å². The molecule has 0 rings (SSSR count). The van der Waals surface area contributed by atoms with E-state index >= 15 is 0 Å². The van der Waals surface area contributed by atoms with E-state index in [0.29, 0.717) is 11.8 Å². The Bertz CT molecular complexity index is 163. The van der Waals surface area contributed by atoms with E-state index in [9.17, 15) is 4.79 Å². The molecule has 0 saturated heterocycles. The lowest BCUT2D eigenvalue weighted by Crippen LogP contribution is -2.01. The summed E-state index contributed by atoms with van der Waals surface area (Å²) in [5.74, 6) is -0.726. The van der Waals surface area contributed by atoms with Crippen LogP contribution in [0.5, 0.6) is 0 Å². The van der Waals surface area contributed by atoms with Crippen molar-refractivity contribution in [2.75, 3.05) is 0 Å². The lowest BCUT2D eigenvalue weighted by Gasteiger charge is -2.14. The highest BCUT2D eigenvalue weighted by molar-refractivity contribution is 5.66. The van der Waals surface area contributed by atoms with E-state index in [1.165, 1.54) is 0 Å². The normalized spacial score (nSPS) is 12.2. The number of hydrogen-bond acceptors (Lipinski definition) is 1. The first kappa shape index (κ1) is 11.2. The first-order valence-electron chi connectivity index (χ1n) is 4.28. The van der Waals surface area contributed by atoms with Crippen LogP contribution in [0.15, 0.2) is 12.2 Å². The van der Waals surface area contributed by atoms with Crippen LogP contribution in [0.4, 0.5) is 0 Å². The van der Waals surface area contributed by atoms with E-state index in [-0.39, 0.29) is 6.42 Å². The van der Waals surface area contributed by atoms with Gasteiger partial charge in [-0.05, 0) is 18.3 Å². The van der Waals surface area contributed by atoms with Gasteiger partial charge in [-0.2, -0.15) is 0 Å². The van der Waals surface area contributed by atoms with Crippen LogP contribution in [0, 0.1) is 5.41 Å². The van der Waals surface area contributed by atoms with Gasteiger partial charge in [0.2, 0.25) is 0 Å². The van der Waals surface area contributed by atoms with E-state index in [0.717, 1.165) is 6.42 Å². The number of allylic oxidation sites excluding steroid dienone is 2. The summed E-state index contributed by atoms with van der Waals surface area (Å²) < 4.78 is 0. The zero-order valence-corrected chi connectivity index (χ0v) is 8.13. The molecule has 0 unspecified atom stereocenters. The summed E-state index contributed by atoms with van der Waals surface area (Å²) in [6.45, 7) is 6.48. The van der Waals surface area contributed by atoms with Crippen molar-refractivity contribution in [2.45, 2.75) is 40.0 Å². The molecule has 2 heteroatoms. The summed E-state index contributed by atoms with van der Waals surface area (Å²) in [5, 5.41) is 8.34. The third-order valence-electron chi connectivity index (χ3n) is 1.42. The molecule has 1 N–H and O–H groups in total. The van der Waals surface area contributed by atoms with E-state index in [1.807, 2.05) is 6.08 Å². The minimum absolute atomic E-state index is 0.237. The molecule has 2 nitrogen and oxygen atoms in total. The first-order valence-corrected chi connectivity index (χ1v) is 4.28. The highest BCUT2D eigenvalue weighted by atomic mass is 16.4. The van der Waals surface area contributed by atoms with Crippen molar-refractivity contribution in [1.29, 1.82) is 0 Å². The maximum atomic E-state index is 10.1. The molecule has 0 heterocycles. The van der Waals surface area contributed by atoms with Crippen LogP contribution in [0.3, 0.4) is 0 Å². The second-order valence-corrected chi connectivity index (χ2v) is 4.17. The van der Waals surface area contributed by atoms with E-state index in [2.05, 4.69) is 26.8 Å². The highest BCUT2D eigenvalue weighted by Gasteiger charge is 2.05. The fourth-order valence-electron chi connectivity index (χ4n) is 0.762. The Balaban J connectivity index is 3.45. The van der Waals surface area contributed by atoms with Gasteiger partial charge in [0.1, 0.15) is 0 Å². The van der Waals surface area contributed by atoms with Crippen molar-refractivity contribution >= 4 is 5.97 Å². The topological polar surface area (TPSA) is 37.3 Å². The van der Waals surface area contributed by atoms with E-state index < -0.39 is 5.97 Å². The molecule has 0 amide bonds. The quantitative estimate of drug-likeness (QED) is 0.659. The summed E-state index contributed by atoms with van der Waals surface area (Å²) >= 11 is 0. The Labute approximate surface area is 74.3 Å². The van der Waals surface area contributed by atoms with E-state index in [4.69, 9.17) is 5.11 Å². The average molecular weight is 170 g/mol. The molecule has 0 atom stereocenters. The predicted octanol–water partition coefficient (Wildman–Crippen LogP) is 2.84. The maximum absolute atomic E-state index is 10.1. The third kappa shape index (κ3) is 9.21. The SMILES string of the molecule is CC(C)(C)C/C=C/CCC(=O)O. The van der Waals surface area contributed by atoms with Gasteiger partial charge in [0.15, 0.2) is 0 Å². The van der Waals surface area contributed by atoms with Crippen molar-refractivity contribution in [1.82, 2.24) is 0 Å². The van der Waals surface area contributed by atoms with Crippen LogP contribution < -0.4 is 0 Å². The van der Waals surface area contributed by atoms with Gasteiger partial charge in [-0.1, -0.05) is 32.9 Å². The molecular formula is C10H18O2. The van der Waals surface area contributed by atoms with Crippen LogP contribution in [0.2, 0.25) is 0 Å². The summed E-state index contributed by atoms with van der Waals surface area (Å²) in [5.41, 5.74) is 0.305. The molecule has 70 valence electrons. The fourth-order valence-corrected chi connectivity index (χ4v) is 0.762. The summed E-state index contributed by atoms with van der Waals surface area (Å²) in [7, 11) is 0. The van der Waals surface area contributed by atoms with Gasteiger partial charge in [0, 0.05) is 6.42 Å². The first-order chi connectivity index (χ1) is 5.42. The molecule has 0 aliphatic rings. The average Bonchev–Trinajstić information content (AvgIpc) is 1.83. The predicted molar refractivity (Wildman–Crippen MR) is 50.1 cm³/mol. The third-order valence-corrected chi connectivity index (χ3v) is 1.42. The van der Waals surface area contributed by atoms with Crippen LogP contribution >= 0.6 is 0 Å². The maximum Gasteiger partial charge on any atom is 0.303 e. The largest absolute Gasteiger partial charge is 0.481 e. The number of carboxylic acid groups (broad SMARTS) is 1. The number of carboxylic acids is 1. The fraction of sp³-hybridized carbons (Fsp3) is 0.700. The molecular weight excluding hydrogens is 152 g/mol. The molecule has 0 radical (unpaired) electrons. The lowest BCUT2D eigenvalue weighted by atomic mass is 9.92. The number of carbonyl (C=O) groups is 1. The van der Waals surface area contributed by atoms with Crippen LogP contribution in [0.1, 0.15) is 40.0 Å². The molecule has 0 aromatic heterocycles. The van der Waals surface area contributed by atoms with Crippen LogP contribution in [-0.4, -0.2) is 11.1 Å². The standard InChI is InChI=1S/C10H18O2/c1-10(2,3)8-6-4-5-7-9(11)12/h4,6H,5,7-8H2,1-3H3,(H,11,12)/b6-4+. The summed E-state index contributed by atoms with van der Waals surface area (Å²) in [6.07, 6.45) is 5.89. The van der Waals surface area contributed by atoms with Crippen LogP contribution in [-0.2, 0) is 4.79 Å². The molecule has 0 aromatic carbocycles. The molecule has 0 saturated carbocycles. The monoisotopic (exact) mass is 170 g/mol. The molecule has 0 bridgehead atoms. The zero-order chi connectivity index (χ0) is 9.61. The summed E-state index contributed by atoms with van der Waals surface area (Å²) in [4.78, 5) is 10.1. The smallest absolute Gasteiger partial charge is 0.303 e. The number of hydrogen-bond donors (Lipinski definition) is 1. The second-order valence-electron chi connectivity index (χ2n) is 4.17. The Morgan fingerprint density at radius 3 is 2.33 bits per heavy atom. The Morgan fingerprint density at radius 2 is 1.92 bits per heavy atom. The number of aliphatic carboxylic acids is 1. The zero-order valence-electron chi connectivity index (χ0n) is 8.13. The van der Waals surface area contributed by atoms with Crippen molar-refractivity contribution in [3.8, 4) is 0 Å². The van der Waals surface area contributed by atoms with Crippen molar-refractivity contribution < 1.29 is 9.90 Å². The molecule has 0 aliphatic carbocycles. The molecule has 0 spiro atoms. The lowest BCUT2D eigenvalue weighted by molar-refractivity contribution is -0.136. The second kappa shape index (κ2) is 4.96. The highest BCUT2D eigenvalue weighted by Crippen LogP contribution is 2.18. The molecule has 0 fully saturated rings. The van der Waals surface area contributed by atoms with Crippen LogP contribution in [0.25, 0.3) is 0 Å². The minimum Gasteiger partial charge on any atom is -0.481 e.